The number of nitrogen functional groups attached to an aromatic ring is 1. The summed E-state index contributed by atoms with van der Waals surface area (Å²) in [6, 6.07) is 0. The second-order valence-electron chi connectivity index (χ2n) is 4.52. The molecule has 5 nitrogen and oxygen atoms in total. The van der Waals surface area contributed by atoms with Gasteiger partial charge in [-0.05, 0) is 25.7 Å². The van der Waals surface area contributed by atoms with E-state index in [0.29, 0.717) is 18.2 Å². The lowest BCUT2D eigenvalue weighted by atomic mass is 9.99. The van der Waals surface area contributed by atoms with E-state index in [9.17, 15) is 0 Å². The Morgan fingerprint density at radius 1 is 1.41 bits per heavy atom. The van der Waals surface area contributed by atoms with Crippen LogP contribution in [0.15, 0.2) is 6.33 Å². The van der Waals surface area contributed by atoms with Crippen molar-refractivity contribution in [1.82, 2.24) is 9.97 Å². The first kappa shape index (κ1) is 12.0. The third-order valence-electron chi connectivity index (χ3n) is 3.19. The molecule has 0 radical (unpaired) electrons. The third kappa shape index (κ3) is 2.60. The molecule has 0 aliphatic carbocycles. The Labute approximate surface area is 102 Å². The topological polar surface area (TPSA) is 64.3 Å². The van der Waals surface area contributed by atoms with Gasteiger partial charge in [0.15, 0.2) is 5.82 Å². The van der Waals surface area contributed by atoms with Gasteiger partial charge >= 0.3 is 0 Å². The van der Waals surface area contributed by atoms with Crippen LogP contribution in [0.2, 0.25) is 0 Å². The fraction of sp³-hybridized carbons (Fsp3) is 0.667. The van der Waals surface area contributed by atoms with Gasteiger partial charge in [-0.1, -0.05) is 6.92 Å². The number of hydrogen-bond acceptors (Lipinski definition) is 5. The Morgan fingerprint density at radius 3 is 2.76 bits per heavy atom. The minimum Gasteiger partial charge on any atom is -0.476 e. The largest absolute Gasteiger partial charge is 0.476 e. The second kappa shape index (κ2) is 5.21. The van der Waals surface area contributed by atoms with Gasteiger partial charge in [-0.15, -0.1) is 0 Å². The molecule has 0 aromatic carbocycles. The van der Waals surface area contributed by atoms with Crippen LogP contribution < -0.4 is 15.4 Å². The quantitative estimate of drug-likeness (QED) is 0.865. The maximum Gasteiger partial charge on any atom is 0.242 e. The molecular formula is C12H20N4O. The summed E-state index contributed by atoms with van der Waals surface area (Å²) in [5, 5.41) is 0. The second-order valence-corrected chi connectivity index (χ2v) is 4.52. The molecule has 17 heavy (non-hydrogen) atoms. The van der Waals surface area contributed by atoms with Crippen molar-refractivity contribution in [3.63, 3.8) is 0 Å². The Bertz CT molecular complexity index is 375. The van der Waals surface area contributed by atoms with Crippen LogP contribution in [-0.2, 0) is 0 Å². The van der Waals surface area contributed by atoms with E-state index in [1.54, 1.807) is 0 Å². The van der Waals surface area contributed by atoms with Crippen LogP contribution in [0.25, 0.3) is 0 Å². The highest BCUT2D eigenvalue weighted by Gasteiger charge is 2.20. The minimum absolute atomic E-state index is 0.496. The van der Waals surface area contributed by atoms with Crippen LogP contribution in [0.1, 0.15) is 26.7 Å². The SMILES string of the molecule is CCOc1ncnc(N2CCC(C)CC2)c1N. The molecule has 2 heterocycles. The van der Waals surface area contributed by atoms with Crippen molar-refractivity contribution in [2.45, 2.75) is 26.7 Å². The summed E-state index contributed by atoms with van der Waals surface area (Å²) in [4.78, 5) is 10.6. The van der Waals surface area contributed by atoms with Crippen molar-refractivity contribution in [3.8, 4) is 5.88 Å². The predicted octanol–water partition coefficient (Wildman–Crippen LogP) is 1.69. The Kier molecular flexibility index (Phi) is 3.66. The molecule has 5 heteroatoms. The molecule has 0 bridgehead atoms. The number of aromatic nitrogens is 2. The molecule has 0 amide bonds. The molecule has 1 aromatic rings. The van der Waals surface area contributed by atoms with Crippen LogP contribution in [0, 0.1) is 5.92 Å². The smallest absolute Gasteiger partial charge is 0.242 e. The highest BCUT2D eigenvalue weighted by molar-refractivity contribution is 5.67. The molecule has 1 saturated heterocycles. The molecule has 0 atom stereocenters. The van der Waals surface area contributed by atoms with Crippen molar-refractivity contribution in [2.24, 2.45) is 5.92 Å². The summed E-state index contributed by atoms with van der Waals surface area (Å²) >= 11 is 0. The monoisotopic (exact) mass is 236 g/mol. The fourth-order valence-corrected chi connectivity index (χ4v) is 2.09. The van der Waals surface area contributed by atoms with E-state index in [1.165, 1.54) is 19.2 Å². The Hall–Kier alpha value is -1.52. The van der Waals surface area contributed by atoms with E-state index in [1.807, 2.05) is 6.92 Å². The molecule has 1 aliphatic rings. The highest BCUT2D eigenvalue weighted by atomic mass is 16.5. The first-order chi connectivity index (χ1) is 8.22. The van der Waals surface area contributed by atoms with Gasteiger partial charge in [0.25, 0.3) is 0 Å². The summed E-state index contributed by atoms with van der Waals surface area (Å²) in [6.45, 7) is 6.79. The van der Waals surface area contributed by atoms with E-state index in [-0.39, 0.29) is 0 Å². The fourth-order valence-electron chi connectivity index (χ4n) is 2.09. The minimum atomic E-state index is 0.496. The molecule has 2 N–H and O–H groups in total. The molecule has 2 rings (SSSR count). The highest BCUT2D eigenvalue weighted by Crippen LogP contribution is 2.30. The molecule has 1 fully saturated rings. The van der Waals surface area contributed by atoms with Gasteiger partial charge in [-0.3, -0.25) is 0 Å². The number of anilines is 2. The predicted molar refractivity (Wildman–Crippen MR) is 68.2 cm³/mol. The Morgan fingerprint density at radius 2 is 2.12 bits per heavy atom. The summed E-state index contributed by atoms with van der Waals surface area (Å²) < 4.78 is 5.39. The summed E-state index contributed by atoms with van der Waals surface area (Å²) in [6.07, 6.45) is 3.90. The van der Waals surface area contributed by atoms with E-state index >= 15 is 0 Å². The third-order valence-corrected chi connectivity index (χ3v) is 3.19. The zero-order valence-corrected chi connectivity index (χ0v) is 10.5. The van der Waals surface area contributed by atoms with Gasteiger partial charge in [0.05, 0.1) is 6.61 Å². The van der Waals surface area contributed by atoms with Gasteiger partial charge in [0.2, 0.25) is 5.88 Å². The van der Waals surface area contributed by atoms with Gasteiger partial charge in [0.1, 0.15) is 12.0 Å². The van der Waals surface area contributed by atoms with Gasteiger partial charge in [-0.2, -0.15) is 4.98 Å². The van der Waals surface area contributed by atoms with Crippen LogP contribution in [0.3, 0.4) is 0 Å². The van der Waals surface area contributed by atoms with E-state index in [0.717, 1.165) is 24.8 Å². The van der Waals surface area contributed by atoms with Crippen molar-refractivity contribution in [1.29, 1.82) is 0 Å². The van der Waals surface area contributed by atoms with E-state index in [2.05, 4.69) is 21.8 Å². The van der Waals surface area contributed by atoms with Crippen molar-refractivity contribution < 1.29 is 4.74 Å². The summed E-state index contributed by atoms with van der Waals surface area (Å²) in [5.74, 6) is 2.10. The van der Waals surface area contributed by atoms with Crippen molar-refractivity contribution in [3.05, 3.63) is 6.33 Å². The molecule has 1 aliphatic heterocycles. The number of nitrogens with zero attached hydrogens (tertiary/aromatic N) is 3. The average Bonchev–Trinajstić information content (AvgIpc) is 2.34. The van der Waals surface area contributed by atoms with Gasteiger partial charge < -0.3 is 15.4 Å². The Balaban J connectivity index is 2.17. The average molecular weight is 236 g/mol. The number of piperidine rings is 1. The van der Waals surface area contributed by atoms with E-state index < -0.39 is 0 Å². The summed E-state index contributed by atoms with van der Waals surface area (Å²) in [5.41, 5.74) is 6.60. The standard InChI is InChI=1S/C12H20N4O/c1-3-17-12-10(13)11(14-8-15-12)16-6-4-9(2)5-7-16/h8-9H,3-7,13H2,1-2H3. The first-order valence-corrected chi connectivity index (χ1v) is 6.20. The van der Waals surface area contributed by atoms with Crippen LogP contribution >= 0.6 is 0 Å². The van der Waals surface area contributed by atoms with E-state index in [4.69, 9.17) is 10.5 Å². The zero-order chi connectivity index (χ0) is 12.3. The van der Waals surface area contributed by atoms with Crippen LogP contribution in [0.4, 0.5) is 11.5 Å². The van der Waals surface area contributed by atoms with Crippen LogP contribution in [-0.4, -0.2) is 29.7 Å². The number of rotatable bonds is 3. The molecular weight excluding hydrogens is 216 g/mol. The lowest BCUT2D eigenvalue weighted by Crippen LogP contribution is -2.34. The molecule has 94 valence electrons. The number of hydrogen-bond donors (Lipinski definition) is 1. The van der Waals surface area contributed by atoms with Crippen molar-refractivity contribution >= 4 is 11.5 Å². The normalized spacial score (nSPS) is 17.2. The zero-order valence-electron chi connectivity index (χ0n) is 10.5. The molecule has 0 spiro atoms. The summed E-state index contributed by atoms with van der Waals surface area (Å²) in [7, 11) is 0. The van der Waals surface area contributed by atoms with Crippen molar-refractivity contribution in [2.75, 3.05) is 30.3 Å². The van der Waals surface area contributed by atoms with Crippen LogP contribution in [0.5, 0.6) is 5.88 Å². The van der Waals surface area contributed by atoms with Gasteiger partial charge in [-0.25, -0.2) is 4.98 Å². The molecule has 0 saturated carbocycles. The molecule has 1 aromatic heterocycles. The maximum atomic E-state index is 6.04. The number of ether oxygens (including phenoxy) is 1. The first-order valence-electron chi connectivity index (χ1n) is 6.20. The number of nitrogens with two attached hydrogens (primary N) is 1. The van der Waals surface area contributed by atoms with Gasteiger partial charge in [0, 0.05) is 13.1 Å². The lowest BCUT2D eigenvalue weighted by Gasteiger charge is -2.31. The molecule has 0 unspecified atom stereocenters. The lowest BCUT2D eigenvalue weighted by molar-refractivity contribution is 0.328. The maximum absolute atomic E-state index is 6.04.